The molecule has 1 aromatic carbocycles. The maximum Gasteiger partial charge on any atom is 0.329 e. The number of hydrogen-bond acceptors (Lipinski definition) is 3. The predicted molar refractivity (Wildman–Crippen MR) is 74.2 cm³/mol. The van der Waals surface area contributed by atoms with Crippen LogP contribution in [0.5, 0.6) is 0 Å². The summed E-state index contributed by atoms with van der Waals surface area (Å²) in [6.07, 6.45) is 1.02. The lowest BCUT2D eigenvalue weighted by Gasteiger charge is -2.05. The standard InChI is InChI=1S/C12H10Cl2FN3O2/c1-2-4-9-11(18(19)20)12(14)17(16-9)10-7(13)5-3-6-8(10)15/h3,5-6H,2,4H2,1H3. The molecule has 0 saturated heterocycles. The highest BCUT2D eigenvalue weighted by Crippen LogP contribution is 2.34. The summed E-state index contributed by atoms with van der Waals surface area (Å²) in [7, 11) is 0. The Hall–Kier alpha value is -1.66. The van der Waals surface area contributed by atoms with Gasteiger partial charge in [0.25, 0.3) is 0 Å². The summed E-state index contributed by atoms with van der Waals surface area (Å²) in [5, 5.41) is 14.9. The van der Waals surface area contributed by atoms with Gasteiger partial charge in [0.1, 0.15) is 17.2 Å². The summed E-state index contributed by atoms with van der Waals surface area (Å²) in [6, 6.07) is 4.08. The average Bonchev–Trinajstić information content (AvgIpc) is 2.67. The molecule has 20 heavy (non-hydrogen) atoms. The molecular formula is C12H10Cl2FN3O2. The summed E-state index contributed by atoms with van der Waals surface area (Å²) >= 11 is 11.9. The summed E-state index contributed by atoms with van der Waals surface area (Å²) in [5.41, 5.74) is -0.195. The Morgan fingerprint density at radius 1 is 1.45 bits per heavy atom. The van der Waals surface area contributed by atoms with E-state index in [1.54, 1.807) is 0 Å². The molecule has 1 aromatic heterocycles. The zero-order valence-corrected chi connectivity index (χ0v) is 12.0. The molecule has 0 saturated carbocycles. The normalized spacial score (nSPS) is 10.8. The zero-order chi connectivity index (χ0) is 14.9. The summed E-state index contributed by atoms with van der Waals surface area (Å²) in [6.45, 7) is 1.85. The van der Waals surface area contributed by atoms with Crippen molar-refractivity contribution in [2.24, 2.45) is 0 Å². The monoisotopic (exact) mass is 317 g/mol. The first-order valence-corrected chi connectivity index (χ1v) is 6.59. The van der Waals surface area contributed by atoms with Crippen LogP contribution in [-0.2, 0) is 6.42 Å². The number of halogens is 3. The lowest BCUT2D eigenvalue weighted by Crippen LogP contribution is -2.01. The molecule has 0 spiro atoms. The Morgan fingerprint density at radius 2 is 2.15 bits per heavy atom. The van der Waals surface area contributed by atoms with Crippen LogP contribution < -0.4 is 0 Å². The number of rotatable bonds is 4. The number of aromatic nitrogens is 2. The van der Waals surface area contributed by atoms with E-state index in [4.69, 9.17) is 23.2 Å². The first-order chi connectivity index (χ1) is 9.47. The third kappa shape index (κ3) is 2.48. The van der Waals surface area contributed by atoms with Crippen molar-refractivity contribution < 1.29 is 9.31 Å². The van der Waals surface area contributed by atoms with Crippen LogP contribution in [0.4, 0.5) is 10.1 Å². The van der Waals surface area contributed by atoms with E-state index in [0.717, 1.165) is 4.68 Å². The highest BCUT2D eigenvalue weighted by atomic mass is 35.5. The van der Waals surface area contributed by atoms with Crippen LogP contribution in [-0.4, -0.2) is 14.7 Å². The third-order valence-corrected chi connectivity index (χ3v) is 3.34. The average molecular weight is 318 g/mol. The van der Waals surface area contributed by atoms with Gasteiger partial charge in [0.05, 0.1) is 9.95 Å². The molecule has 0 aliphatic rings. The van der Waals surface area contributed by atoms with Gasteiger partial charge in [0.15, 0.2) is 0 Å². The van der Waals surface area contributed by atoms with Gasteiger partial charge in [0.2, 0.25) is 5.15 Å². The van der Waals surface area contributed by atoms with Crippen molar-refractivity contribution in [1.29, 1.82) is 0 Å². The van der Waals surface area contributed by atoms with Crippen LogP contribution in [0.25, 0.3) is 5.69 Å². The molecule has 0 fully saturated rings. The van der Waals surface area contributed by atoms with Crippen molar-refractivity contribution in [3.8, 4) is 5.69 Å². The number of benzene rings is 1. The highest BCUT2D eigenvalue weighted by molar-refractivity contribution is 6.34. The molecule has 0 radical (unpaired) electrons. The molecule has 5 nitrogen and oxygen atoms in total. The van der Waals surface area contributed by atoms with Gasteiger partial charge in [-0.25, -0.2) is 9.07 Å². The first kappa shape index (κ1) is 14.7. The Morgan fingerprint density at radius 3 is 2.70 bits per heavy atom. The highest BCUT2D eigenvalue weighted by Gasteiger charge is 2.28. The van der Waals surface area contributed by atoms with E-state index < -0.39 is 10.7 Å². The second-order valence-corrected chi connectivity index (χ2v) is 4.84. The van der Waals surface area contributed by atoms with Crippen molar-refractivity contribution in [3.05, 3.63) is 50.0 Å². The molecule has 0 atom stereocenters. The Labute approximate surface area is 124 Å². The third-order valence-electron chi connectivity index (χ3n) is 2.69. The predicted octanol–water partition coefficient (Wildman–Crippen LogP) is 4.18. The van der Waals surface area contributed by atoms with Gasteiger partial charge in [-0.05, 0) is 18.6 Å². The number of nitro groups is 1. The lowest BCUT2D eigenvalue weighted by atomic mass is 10.2. The van der Waals surface area contributed by atoms with Gasteiger partial charge in [-0.1, -0.05) is 42.6 Å². The van der Waals surface area contributed by atoms with Crippen LogP contribution in [0.15, 0.2) is 18.2 Å². The molecule has 0 aliphatic heterocycles. The van der Waals surface area contributed by atoms with Crippen LogP contribution >= 0.6 is 23.2 Å². The molecule has 0 aliphatic carbocycles. The largest absolute Gasteiger partial charge is 0.329 e. The second kappa shape index (κ2) is 5.76. The molecule has 0 unspecified atom stereocenters. The van der Waals surface area contributed by atoms with Gasteiger partial charge in [-0.3, -0.25) is 10.1 Å². The Kier molecular flexibility index (Phi) is 4.25. The van der Waals surface area contributed by atoms with Crippen LogP contribution in [0, 0.1) is 15.9 Å². The molecule has 0 N–H and O–H groups in total. The van der Waals surface area contributed by atoms with E-state index in [0.29, 0.717) is 12.8 Å². The smallest absolute Gasteiger partial charge is 0.258 e. The van der Waals surface area contributed by atoms with Crippen molar-refractivity contribution in [1.82, 2.24) is 9.78 Å². The molecular weight excluding hydrogens is 308 g/mol. The van der Waals surface area contributed by atoms with Gasteiger partial charge in [-0.2, -0.15) is 5.10 Å². The fourth-order valence-corrected chi connectivity index (χ4v) is 2.40. The molecule has 2 rings (SSSR count). The fraction of sp³-hybridized carbons (Fsp3) is 0.250. The van der Waals surface area contributed by atoms with Crippen LogP contribution in [0.3, 0.4) is 0 Å². The minimum Gasteiger partial charge on any atom is -0.258 e. The number of hydrogen-bond donors (Lipinski definition) is 0. The molecule has 2 aromatic rings. The van der Waals surface area contributed by atoms with Crippen molar-refractivity contribution in [2.75, 3.05) is 0 Å². The summed E-state index contributed by atoms with van der Waals surface area (Å²) < 4.78 is 14.8. The molecule has 0 amide bonds. The van der Waals surface area contributed by atoms with Gasteiger partial charge in [0, 0.05) is 0 Å². The molecule has 106 valence electrons. The van der Waals surface area contributed by atoms with E-state index in [1.807, 2.05) is 6.92 Å². The molecule has 0 bridgehead atoms. The number of para-hydroxylation sites is 1. The zero-order valence-electron chi connectivity index (χ0n) is 10.4. The van der Waals surface area contributed by atoms with E-state index in [9.17, 15) is 14.5 Å². The number of aryl methyl sites for hydroxylation is 1. The minimum atomic E-state index is -0.653. The fourth-order valence-electron chi connectivity index (χ4n) is 1.86. The Bertz CT molecular complexity index is 653. The maximum absolute atomic E-state index is 13.9. The van der Waals surface area contributed by atoms with E-state index in [-0.39, 0.29) is 27.2 Å². The van der Waals surface area contributed by atoms with E-state index >= 15 is 0 Å². The van der Waals surface area contributed by atoms with Gasteiger partial charge < -0.3 is 0 Å². The minimum absolute atomic E-state index is 0.0762. The quantitative estimate of drug-likeness (QED) is 0.627. The van der Waals surface area contributed by atoms with Crippen LogP contribution in [0.1, 0.15) is 19.0 Å². The van der Waals surface area contributed by atoms with Crippen molar-refractivity contribution >= 4 is 28.9 Å². The SMILES string of the molecule is CCCc1nn(-c2c(F)cccc2Cl)c(Cl)c1[N+](=O)[O-]. The maximum atomic E-state index is 13.9. The van der Waals surface area contributed by atoms with Gasteiger partial charge >= 0.3 is 5.69 Å². The topological polar surface area (TPSA) is 61.0 Å². The Balaban J connectivity index is 2.70. The van der Waals surface area contributed by atoms with Gasteiger partial charge in [-0.15, -0.1) is 0 Å². The summed E-state index contributed by atoms with van der Waals surface area (Å²) in [4.78, 5) is 10.5. The van der Waals surface area contributed by atoms with E-state index in [2.05, 4.69) is 5.10 Å². The van der Waals surface area contributed by atoms with Crippen LogP contribution in [0.2, 0.25) is 10.2 Å². The van der Waals surface area contributed by atoms with E-state index in [1.165, 1.54) is 18.2 Å². The lowest BCUT2D eigenvalue weighted by molar-refractivity contribution is -0.385. The second-order valence-electron chi connectivity index (χ2n) is 4.08. The molecule has 1 heterocycles. The van der Waals surface area contributed by atoms with Crippen molar-refractivity contribution in [2.45, 2.75) is 19.8 Å². The molecule has 8 heteroatoms. The number of nitrogens with zero attached hydrogens (tertiary/aromatic N) is 3. The summed E-state index contributed by atoms with van der Waals surface area (Å²) in [5.74, 6) is -0.653. The van der Waals surface area contributed by atoms with Crippen molar-refractivity contribution in [3.63, 3.8) is 0 Å². The first-order valence-electron chi connectivity index (χ1n) is 5.83.